The van der Waals surface area contributed by atoms with E-state index in [-0.39, 0.29) is 17.9 Å². The number of carbonyl (C=O) groups excluding carboxylic acids is 2. The maximum atomic E-state index is 11.5. The van der Waals surface area contributed by atoms with E-state index < -0.39 is 5.92 Å². The number of ketones is 1. The molecule has 1 rings (SSSR count). The topological polar surface area (TPSA) is 43.4 Å². The second-order valence-electron chi connectivity index (χ2n) is 3.64. The summed E-state index contributed by atoms with van der Waals surface area (Å²) in [6, 6.07) is 0. The number of esters is 1. The minimum absolute atomic E-state index is 0.0255. The van der Waals surface area contributed by atoms with E-state index in [9.17, 15) is 9.59 Å². The predicted molar refractivity (Wildman–Crippen MR) is 52.7 cm³/mol. The lowest BCUT2D eigenvalue weighted by Gasteiger charge is -2.20. The molecule has 1 aliphatic carbocycles. The molecule has 78 valence electrons. The van der Waals surface area contributed by atoms with Crippen molar-refractivity contribution in [3.05, 3.63) is 12.7 Å². The highest BCUT2D eigenvalue weighted by molar-refractivity contribution is 5.99. The van der Waals surface area contributed by atoms with Gasteiger partial charge in [-0.15, -0.1) is 0 Å². The van der Waals surface area contributed by atoms with Gasteiger partial charge < -0.3 is 4.74 Å². The van der Waals surface area contributed by atoms with Crippen LogP contribution in [0.1, 0.15) is 32.6 Å². The van der Waals surface area contributed by atoms with Gasteiger partial charge in [-0.25, -0.2) is 0 Å². The molecule has 0 saturated heterocycles. The molecule has 14 heavy (non-hydrogen) atoms. The first kappa shape index (κ1) is 11.0. The van der Waals surface area contributed by atoms with E-state index >= 15 is 0 Å². The van der Waals surface area contributed by atoms with Crippen molar-refractivity contribution < 1.29 is 14.3 Å². The van der Waals surface area contributed by atoms with Gasteiger partial charge in [0.1, 0.15) is 17.8 Å². The Kier molecular flexibility index (Phi) is 3.86. The van der Waals surface area contributed by atoms with Crippen LogP contribution in [0, 0.1) is 5.92 Å². The third-order valence-corrected chi connectivity index (χ3v) is 2.47. The van der Waals surface area contributed by atoms with Crippen molar-refractivity contribution in [1.82, 2.24) is 0 Å². The molecule has 0 aromatic rings. The third kappa shape index (κ3) is 2.69. The first-order valence-corrected chi connectivity index (χ1v) is 5.01. The molecule has 0 bridgehead atoms. The Hall–Kier alpha value is -1.12. The van der Waals surface area contributed by atoms with Crippen LogP contribution in [-0.4, -0.2) is 17.9 Å². The van der Waals surface area contributed by atoms with Gasteiger partial charge in [-0.3, -0.25) is 9.59 Å². The van der Waals surface area contributed by atoms with E-state index in [1.165, 1.54) is 0 Å². The lowest BCUT2D eigenvalue weighted by Crippen LogP contribution is -2.30. The molecule has 0 amide bonds. The van der Waals surface area contributed by atoms with Crippen LogP contribution in [0.2, 0.25) is 0 Å². The Morgan fingerprint density at radius 3 is 2.93 bits per heavy atom. The van der Waals surface area contributed by atoms with Crippen LogP contribution in [0.4, 0.5) is 0 Å². The maximum Gasteiger partial charge on any atom is 0.317 e. The Morgan fingerprint density at radius 2 is 2.36 bits per heavy atom. The molecular formula is C11H16O3. The summed E-state index contributed by atoms with van der Waals surface area (Å²) in [5.74, 6) is -0.884. The van der Waals surface area contributed by atoms with Crippen molar-refractivity contribution in [2.45, 2.75) is 38.7 Å². The number of hydrogen-bond donors (Lipinski definition) is 0. The number of carbonyl (C=O) groups is 2. The summed E-state index contributed by atoms with van der Waals surface area (Å²) < 4.78 is 5.03. The zero-order valence-corrected chi connectivity index (χ0v) is 8.49. The molecule has 0 aliphatic heterocycles. The van der Waals surface area contributed by atoms with Crippen LogP contribution >= 0.6 is 0 Å². The molecule has 3 nitrogen and oxygen atoms in total. The summed E-state index contributed by atoms with van der Waals surface area (Å²) in [5, 5.41) is 0. The summed E-state index contributed by atoms with van der Waals surface area (Å²) >= 11 is 0. The molecule has 0 spiro atoms. The highest BCUT2D eigenvalue weighted by Gasteiger charge is 2.30. The monoisotopic (exact) mass is 196 g/mol. The Morgan fingerprint density at radius 1 is 1.64 bits per heavy atom. The van der Waals surface area contributed by atoms with E-state index in [2.05, 4.69) is 6.58 Å². The molecule has 1 fully saturated rings. The summed E-state index contributed by atoms with van der Waals surface area (Å²) in [6.07, 6.45) is 4.24. The van der Waals surface area contributed by atoms with Crippen LogP contribution in [0.25, 0.3) is 0 Å². The van der Waals surface area contributed by atoms with E-state index in [4.69, 9.17) is 4.74 Å². The van der Waals surface area contributed by atoms with Gasteiger partial charge in [0.25, 0.3) is 0 Å². The fraction of sp³-hybridized carbons (Fsp3) is 0.636. The molecule has 0 aromatic carbocycles. The van der Waals surface area contributed by atoms with E-state index in [1.54, 1.807) is 13.0 Å². The molecule has 2 atom stereocenters. The summed E-state index contributed by atoms with van der Waals surface area (Å²) in [6.45, 7) is 5.25. The fourth-order valence-corrected chi connectivity index (χ4v) is 1.55. The summed E-state index contributed by atoms with van der Waals surface area (Å²) in [5.41, 5.74) is 0. The number of rotatable bonds is 3. The maximum absolute atomic E-state index is 11.5. The van der Waals surface area contributed by atoms with Gasteiger partial charge in [0.05, 0.1) is 0 Å². The SMILES string of the molecule is C=CC(C)OC(=O)C1CCCCC1=O. The van der Waals surface area contributed by atoms with Crippen molar-refractivity contribution in [3.63, 3.8) is 0 Å². The van der Waals surface area contributed by atoms with Crippen molar-refractivity contribution in [3.8, 4) is 0 Å². The summed E-state index contributed by atoms with van der Waals surface area (Å²) in [4.78, 5) is 22.9. The van der Waals surface area contributed by atoms with Crippen LogP contribution in [-0.2, 0) is 14.3 Å². The van der Waals surface area contributed by atoms with Gasteiger partial charge in [-0.1, -0.05) is 19.1 Å². The normalized spacial score (nSPS) is 24.1. The van der Waals surface area contributed by atoms with Gasteiger partial charge in [0.2, 0.25) is 0 Å². The number of ether oxygens (including phenoxy) is 1. The molecule has 1 saturated carbocycles. The highest BCUT2D eigenvalue weighted by Crippen LogP contribution is 2.22. The number of Topliss-reactive ketones (excluding diaryl/α,β-unsaturated/α-hetero) is 1. The lowest BCUT2D eigenvalue weighted by molar-refractivity contribution is -0.155. The molecule has 3 heteroatoms. The van der Waals surface area contributed by atoms with Crippen molar-refractivity contribution >= 4 is 11.8 Å². The van der Waals surface area contributed by atoms with E-state index in [1.807, 2.05) is 0 Å². The van der Waals surface area contributed by atoms with Gasteiger partial charge in [0, 0.05) is 6.42 Å². The lowest BCUT2D eigenvalue weighted by atomic mass is 9.88. The van der Waals surface area contributed by atoms with E-state index in [0.29, 0.717) is 12.8 Å². The molecule has 0 radical (unpaired) electrons. The molecule has 2 unspecified atom stereocenters. The van der Waals surface area contributed by atoms with Crippen LogP contribution < -0.4 is 0 Å². The first-order valence-electron chi connectivity index (χ1n) is 5.01. The molecule has 0 heterocycles. The van der Waals surface area contributed by atoms with Gasteiger partial charge >= 0.3 is 5.97 Å². The molecule has 0 aromatic heterocycles. The Balaban J connectivity index is 2.50. The van der Waals surface area contributed by atoms with E-state index in [0.717, 1.165) is 12.8 Å². The minimum atomic E-state index is -0.522. The fourth-order valence-electron chi connectivity index (χ4n) is 1.55. The second-order valence-corrected chi connectivity index (χ2v) is 3.64. The van der Waals surface area contributed by atoms with Crippen LogP contribution in [0.15, 0.2) is 12.7 Å². The zero-order valence-electron chi connectivity index (χ0n) is 8.49. The Labute approximate surface area is 84.1 Å². The third-order valence-electron chi connectivity index (χ3n) is 2.47. The first-order chi connectivity index (χ1) is 6.65. The van der Waals surface area contributed by atoms with Crippen molar-refractivity contribution in [1.29, 1.82) is 0 Å². The van der Waals surface area contributed by atoms with Crippen LogP contribution in [0.3, 0.4) is 0 Å². The Bertz CT molecular complexity index is 245. The number of hydrogen-bond acceptors (Lipinski definition) is 3. The predicted octanol–water partition coefficient (Wildman–Crippen LogP) is 1.86. The smallest absolute Gasteiger partial charge is 0.317 e. The average molecular weight is 196 g/mol. The van der Waals surface area contributed by atoms with Gasteiger partial charge in [0.15, 0.2) is 0 Å². The minimum Gasteiger partial charge on any atom is -0.458 e. The van der Waals surface area contributed by atoms with Crippen LogP contribution in [0.5, 0.6) is 0 Å². The van der Waals surface area contributed by atoms with Gasteiger partial charge in [-0.05, 0) is 19.8 Å². The van der Waals surface area contributed by atoms with Crippen molar-refractivity contribution in [2.24, 2.45) is 5.92 Å². The second kappa shape index (κ2) is 4.94. The quantitative estimate of drug-likeness (QED) is 0.393. The molecular weight excluding hydrogens is 180 g/mol. The molecule has 1 aliphatic rings. The standard InChI is InChI=1S/C11H16O3/c1-3-8(2)14-11(13)9-6-4-5-7-10(9)12/h3,8-9H,1,4-7H2,2H3. The summed E-state index contributed by atoms with van der Waals surface area (Å²) in [7, 11) is 0. The van der Waals surface area contributed by atoms with Gasteiger partial charge in [-0.2, -0.15) is 0 Å². The largest absolute Gasteiger partial charge is 0.458 e. The average Bonchev–Trinajstić information content (AvgIpc) is 2.18. The molecule has 0 N–H and O–H groups in total. The highest BCUT2D eigenvalue weighted by atomic mass is 16.5. The zero-order chi connectivity index (χ0) is 10.6. The van der Waals surface area contributed by atoms with Crippen molar-refractivity contribution in [2.75, 3.05) is 0 Å².